The predicted molar refractivity (Wildman–Crippen MR) is 87.7 cm³/mol. The molecule has 0 aliphatic rings. The van der Waals surface area contributed by atoms with Gasteiger partial charge >= 0.3 is 0 Å². The molecule has 2 aromatic carbocycles. The lowest BCUT2D eigenvalue weighted by atomic mass is 10.1. The van der Waals surface area contributed by atoms with E-state index in [1.807, 2.05) is 51.4 Å². The molecule has 0 unspecified atom stereocenters. The second-order valence-corrected chi connectivity index (χ2v) is 5.43. The fraction of sp³-hybridized carbons (Fsp3) is 0.278. The molecule has 0 heterocycles. The zero-order valence-corrected chi connectivity index (χ0v) is 13.1. The third-order valence-electron chi connectivity index (χ3n) is 3.59. The van der Waals surface area contributed by atoms with Gasteiger partial charge in [0.15, 0.2) is 0 Å². The van der Waals surface area contributed by atoms with E-state index in [0.717, 1.165) is 22.4 Å². The maximum Gasteiger partial charge on any atom is 0.253 e. The Hall–Kier alpha value is -2.29. The summed E-state index contributed by atoms with van der Waals surface area (Å²) < 4.78 is 0. The maximum absolute atomic E-state index is 12.5. The zero-order valence-electron chi connectivity index (χ0n) is 13.1. The van der Waals surface area contributed by atoms with Crippen LogP contribution in [-0.4, -0.2) is 24.9 Å². The second-order valence-electron chi connectivity index (χ2n) is 5.43. The number of anilines is 1. The number of carbonyl (C=O) groups excluding carboxylic acids is 1. The van der Waals surface area contributed by atoms with Crippen LogP contribution in [0.2, 0.25) is 0 Å². The highest BCUT2D eigenvalue weighted by Crippen LogP contribution is 2.17. The van der Waals surface area contributed by atoms with E-state index in [-0.39, 0.29) is 5.91 Å². The van der Waals surface area contributed by atoms with Crippen molar-refractivity contribution in [1.82, 2.24) is 4.90 Å². The molecule has 0 aliphatic heterocycles. The van der Waals surface area contributed by atoms with Crippen molar-refractivity contribution in [2.24, 2.45) is 0 Å². The molecule has 0 saturated carbocycles. The molecular weight excluding hydrogens is 260 g/mol. The molecule has 0 bridgehead atoms. The molecule has 2 aromatic rings. The first-order valence-electron chi connectivity index (χ1n) is 7.10. The molecule has 1 N–H and O–H groups in total. The molecule has 2 rings (SSSR count). The van der Waals surface area contributed by atoms with Gasteiger partial charge in [0.1, 0.15) is 0 Å². The van der Waals surface area contributed by atoms with Crippen LogP contribution in [-0.2, 0) is 6.54 Å². The lowest BCUT2D eigenvalue weighted by molar-refractivity contribution is 0.0785. The largest absolute Gasteiger partial charge is 0.388 e. The van der Waals surface area contributed by atoms with E-state index < -0.39 is 0 Å². The normalized spacial score (nSPS) is 10.3. The van der Waals surface area contributed by atoms with Crippen molar-refractivity contribution < 1.29 is 4.79 Å². The van der Waals surface area contributed by atoms with Crippen molar-refractivity contribution >= 4 is 11.6 Å². The second kappa shape index (κ2) is 6.44. The molecule has 0 fully saturated rings. The van der Waals surface area contributed by atoms with Gasteiger partial charge in [-0.05, 0) is 43.2 Å². The van der Waals surface area contributed by atoms with Crippen molar-refractivity contribution in [1.29, 1.82) is 0 Å². The summed E-state index contributed by atoms with van der Waals surface area (Å²) in [5.41, 5.74) is 5.21. The molecule has 0 radical (unpaired) electrons. The molecule has 0 atom stereocenters. The fourth-order valence-electron chi connectivity index (χ4n) is 2.45. The van der Waals surface area contributed by atoms with Gasteiger partial charge in [-0.2, -0.15) is 0 Å². The van der Waals surface area contributed by atoms with Gasteiger partial charge in [-0.15, -0.1) is 0 Å². The summed E-state index contributed by atoms with van der Waals surface area (Å²) in [5.74, 6) is 0.0438. The maximum atomic E-state index is 12.5. The van der Waals surface area contributed by atoms with E-state index >= 15 is 0 Å². The summed E-state index contributed by atoms with van der Waals surface area (Å²) in [7, 11) is 3.72. The SMILES string of the molecule is CNc1ccc(C(=O)N(C)Cc2cccc(C)c2)cc1C. The Morgan fingerprint density at radius 3 is 2.52 bits per heavy atom. The van der Waals surface area contributed by atoms with Gasteiger partial charge in [-0.25, -0.2) is 0 Å². The van der Waals surface area contributed by atoms with Crippen molar-refractivity contribution in [2.75, 3.05) is 19.4 Å². The van der Waals surface area contributed by atoms with E-state index in [4.69, 9.17) is 0 Å². The Morgan fingerprint density at radius 1 is 1.14 bits per heavy atom. The summed E-state index contributed by atoms with van der Waals surface area (Å²) >= 11 is 0. The summed E-state index contributed by atoms with van der Waals surface area (Å²) in [6.07, 6.45) is 0. The molecule has 110 valence electrons. The quantitative estimate of drug-likeness (QED) is 0.929. The molecule has 0 saturated heterocycles. The number of nitrogens with zero attached hydrogens (tertiary/aromatic N) is 1. The van der Waals surface area contributed by atoms with Crippen LogP contribution in [0.25, 0.3) is 0 Å². The summed E-state index contributed by atoms with van der Waals surface area (Å²) in [5, 5.41) is 3.11. The van der Waals surface area contributed by atoms with Gasteiger partial charge in [-0.1, -0.05) is 29.8 Å². The topological polar surface area (TPSA) is 32.3 Å². The monoisotopic (exact) mass is 282 g/mol. The van der Waals surface area contributed by atoms with E-state index in [1.165, 1.54) is 5.56 Å². The number of amides is 1. The molecule has 0 aliphatic carbocycles. The Labute approximate surface area is 126 Å². The van der Waals surface area contributed by atoms with Crippen molar-refractivity contribution in [3.63, 3.8) is 0 Å². The van der Waals surface area contributed by atoms with E-state index in [0.29, 0.717) is 6.54 Å². The Bertz CT molecular complexity index is 649. The van der Waals surface area contributed by atoms with Crippen LogP contribution in [0.3, 0.4) is 0 Å². The van der Waals surface area contributed by atoms with Crippen LogP contribution in [0.4, 0.5) is 5.69 Å². The molecule has 0 spiro atoms. The number of rotatable bonds is 4. The number of carbonyl (C=O) groups is 1. The van der Waals surface area contributed by atoms with Crippen LogP contribution < -0.4 is 5.32 Å². The van der Waals surface area contributed by atoms with Crippen molar-refractivity contribution in [3.05, 3.63) is 64.7 Å². The van der Waals surface area contributed by atoms with Crippen LogP contribution in [0, 0.1) is 13.8 Å². The molecule has 1 amide bonds. The lowest BCUT2D eigenvalue weighted by Gasteiger charge is -2.18. The highest BCUT2D eigenvalue weighted by atomic mass is 16.2. The summed E-state index contributed by atoms with van der Waals surface area (Å²) in [6, 6.07) is 14.0. The van der Waals surface area contributed by atoms with Crippen LogP contribution in [0.15, 0.2) is 42.5 Å². The number of hydrogen-bond acceptors (Lipinski definition) is 2. The summed E-state index contributed by atoms with van der Waals surface area (Å²) in [6.45, 7) is 4.68. The van der Waals surface area contributed by atoms with Crippen LogP contribution >= 0.6 is 0 Å². The third-order valence-corrected chi connectivity index (χ3v) is 3.59. The van der Waals surface area contributed by atoms with Gasteiger partial charge < -0.3 is 10.2 Å². The number of nitrogens with one attached hydrogen (secondary N) is 1. The third kappa shape index (κ3) is 3.63. The summed E-state index contributed by atoms with van der Waals surface area (Å²) in [4.78, 5) is 14.2. The molecule has 0 aromatic heterocycles. The van der Waals surface area contributed by atoms with Gasteiger partial charge in [0.2, 0.25) is 0 Å². The Kier molecular flexibility index (Phi) is 4.63. The number of aryl methyl sites for hydroxylation is 2. The van der Waals surface area contributed by atoms with Crippen LogP contribution in [0.1, 0.15) is 27.0 Å². The average molecular weight is 282 g/mol. The molecule has 3 heteroatoms. The standard InChI is InChI=1S/C18H22N2O/c1-13-6-5-7-15(10-13)12-20(4)18(21)16-8-9-17(19-3)14(2)11-16/h5-11,19H,12H2,1-4H3. The lowest BCUT2D eigenvalue weighted by Crippen LogP contribution is -2.26. The average Bonchev–Trinajstić information content (AvgIpc) is 2.46. The van der Waals surface area contributed by atoms with E-state index in [2.05, 4.69) is 24.4 Å². The smallest absolute Gasteiger partial charge is 0.253 e. The van der Waals surface area contributed by atoms with E-state index in [9.17, 15) is 4.79 Å². The van der Waals surface area contributed by atoms with Gasteiger partial charge in [-0.3, -0.25) is 4.79 Å². The molecule has 3 nitrogen and oxygen atoms in total. The van der Waals surface area contributed by atoms with Gasteiger partial charge in [0, 0.05) is 31.9 Å². The number of benzene rings is 2. The minimum Gasteiger partial charge on any atom is -0.388 e. The highest BCUT2D eigenvalue weighted by molar-refractivity contribution is 5.94. The van der Waals surface area contributed by atoms with Crippen LogP contribution in [0.5, 0.6) is 0 Å². The first-order valence-corrected chi connectivity index (χ1v) is 7.10. The first kappa shape index (κ1) is 15.1. The zero-order chi connectivity index (χ0) is 15.4. The first-order chi connectivity index (χ1) is 10.0. The Balaban J connectivity index is 2.14. The number of hydrogen-bond donors (Lipinski definition) is 1. The minimum absolute atomic E-state index is 0.0438. The Morgan fingerprint density at radius 2 is 1.90 bits per heavy atom. The van der Waals surface area contributed by atoms with Crippen molar-refractivity contribution in [2.45, 2.75) is 20.4 Å². The van der Waals surface area contributed by atoms with Crippen molar-refractivity contribution in [3.8, 4) is 0 Å². The fourth-order valence-corrected chi connectivity index (χ4v) is 2.45. The molecular formula is C18H22N2O. The molecule has 21 heavy (non-hydrogen) atoms. The highest BCUT2D eigenvalue weighted by Gasteiger charge is 2.13. The predicted octanol–water partition coefficient (Wildman–Crippen LogP) is 3.62. The van der Waals surface area contributed by atoms with Gasteiger partial charge in [0.25, 0.3) is 5.91 Å². The van der Waals surface area contributed by atoms with Gasteiger partial charge in [0.05, 0.1) is 0 Å². The van der Waals surface area contributed by atoms with E-state index in [1.54, 1.807) is 4.90 Å². The minimum atomic E-state index is 0.0438.